The van der Waals surface area contributed by atoms with Crippen LogP contribution in [0.15, 0.2) is 12.2 Å². The van der Waals surface area contributed by atoms with E-state index < -0.39 is 0 Å². The van der Waals surface area contributed by atoms with Crippen molar-refractivity contribution in [1.82, 2.24) is 0 Å². The van der Waals surface area contributed by atoms with E-state index in [-0.39, 0.29) is 5.97 Å². The van der Waals surface area contributed by atoms with Crippen LogP contribution in [0.1, 0.15) is 297 Å². The second-order valence-electron chi connectivity index (χ2n) is 17.6. The van der Waals surface area contributed by atoms with Gasteiger partial charge in [0.2, 0.25) is 0 Å². The van der Waals surface area contributed by atoms with Gasteiger partial charge in [-0.05, 0) is 44.4 Å². The van der Waals surface area contributed by atoms with Gasteiger partial charge in [-0.25, -0.2) is 0 Å². The number of unbranched alkanes of at least 4 members (excludes halogenated alkanes) is 38. The lowest BCUT2D eigenvalue weighted by Crippen LogP contribution is -2.05. The van der Waals surface area contributed by atoms with Crippen LogP contribution in [-0.2, 0) is 9.53 Å². The van der Waals surface area contributed by atoms with Crippen molar-refractivity contribution in [3.63, 3.8) is 0 Å². The van der Waals surface area contributed by atoms with Crippen LogP contribution in [0.25, 0.3) is 0 Å². The maximum Gasteiger partial charge on any atom is 0.305 e. The van der Waals surface area contributed by atoms with Gasteiger partial charge in [-0.1, -0.05) is 264 Å². The molecule has 0 bridgehead atoms. The Bertz CT molecular complexity index is 696. The van der Waals surface area contributed by atoms with Crippen molar-refractivity contribution < 1.29 is 9.53 Å². The van der Waals surface area contributed by atoms with Gasteiger partial charge in [0.25, 0.3) is 0 Å². The summed E-state index contributed by atoms with van der Waals surface area (Å²) in [6.07, 6.45) is 63.5. The topological polar surface area (TPSA) is 26.3 Å². The molecule has 316 valence electrons. The van der Waals surface area contributed by atoms with E-state index >= 15 is 0 Å². The minimum absolute atomic E-state index is 0.0277. The van der Waals surface area contributed by atoms with Crippen LogP contribution < -0.4 is 0 Å². The van der Waals surface area contributed by atoms with Crippen LogP contribution in [0, 0.1) is 5.92 Å². The molecule has 0 aliphatic rings. The third-order valence-corrected chi connectivity index (χ3v) is 11.6. The summed E-state index contributed by atoms with van der Waals surface area (Å²) >= 11 is 0. The maximum atomic E-state index is 12.0. The minimum atomic E-state index is 0.0277. The van der Waals surface area contributed by atoms with Crippen molar-refractivity contribution in [1.29, 1.82) is 0 Å². The van der Waals surface area contributed by atoms with Gasteiger partial charge in [0.1, 0.15) is 0 Å². The second-order valence-corrected chi connectivity index (χ2v) is 17.6. The van der Waals surface area contributed by atoms with E-state index in [0.717, 1.165) is 18.8 Å². The molecule has 0 aromatic heterocycles. The quantitative estimate of drug-likeness (QED) is 0.0352. The van der Waals surface area contributed by atoms with Crippen LogP contribution >= 0.6 is 0 Å². The molecule has 0 saturated carbocycles. The first-order valence-electron chi connectivity index (χ1n) is 25.0. The molecule has 0 aliphatic heterocycles. The summed E-state index contributed by atoms with van der Waals surface area (Å²) < 4.78 is 5.49. The summed E-state index contributed by atoms with van der Waals surface area (Å²) in [6, 6.07) is 0. The first kappa shape index (κ1) is 52.2. The van der Waals surface area contributed by atoms with Gasteiger partial charge in [-0.15, -0.1) is 0 Å². The van der Waals surface area contributed by atoms with Crippen molar-refractivity contribution in [2.45, 2.75) is 297 Å². The fourth-order valence-electron chi connectivity index (χ4n) is 7.85. The Balaban J connectivity index is 3.15. The predicted octanol–water partition coefficient (Wildman–Crippen LogP) is 18.5. The van der Waals surface area contributed by atoms with Crippen molar-refractivity contribution >= 4 is 5.97 Å². The summed E-state index contributed by atoms with van der Waals surface area (Å²) in [5.74, 6) is 0.915. The SMILES string of the molecule is CCCCCCC=CCCCCCCCCCCCC(=O)OCCCCCCCCCCCCCCCCCCCCCCCCCCCCC(C)C. The second kappa shape index (κ2) is 47.4. The number of allylic oxidation sites excluding steroid dienone is 2. The Morgan fingerprint density at radius 3 is 1.00 bits per heavy atom. The average Bonchev–Trinajstić information content (AvgIpc) is 3.15. The standard InChI is InChI=1S/C51H100O2/c1-4-5-6-7-8-9-10-11-12-23-27-30-33-36-39-42-45-48-51(52)53-49-46-43-40-37-34-31-28-25-22-20-18-16-14-13-15-17-19-21-24-26-29-32-35-38-41-44-47-50(2)3/h9-10,50H,4-8,11-49H2,1-3H3. The predicted molar refractivity (Wildman–Crippen MR) is 239 cm³/mol. The van der Waals surface area contributed by atoms with Gasteiger partial charge in [-0.3, -0.25) is 4.79 Å². The Morgan fingerprint density at radius 2 is 0.660 bits per heavy atom. The van der Waals surface area contributed by atoms with E-state index in [0.29, 0.717) is 13.0 Å². The molecule has 0 atom stereocenters. The minimum Gasteiger partial charge on any atom is -0.466 e. The molecule has 0 radical (unpaired) electrons. The lowest BCUT2D eigenvalue weighted by atomic mass is 10.0. The van der Waals surface area contributed by atoms with Crippen LogP contribution in [0.3, 0.4) is 0 Å². The smallest absolute Gasteiger partial charge is 0.305 e. The van der Waals surface area contributed by atoms with Crippen molar-refractivity contribution in [2.24, 2.45) is 5.92 Å². The number of hydrogen-bond donors (Lipinski definition) is 0. The first-order chi connectivity index (χ1) is 26.2. The Labute approximate surface area is 336 Å². The van der Waals surface area contributed by atoms with E-state index in [1.807, 2.05) is 0 Å². The van der Waals surface area contributed by atoms with Crippen LogP contribution in [0.4, 0.5) is 0 Å². The highest BCUT2D eigenvalue weighted by Crippen LogP contribution is 2.17. The molecule has 0 heterocycles. The highest BCUT2D eigenvalue weighted by Gasteiger charge is 2.03. The van der Waals surface area contributed by atoms with Crippen molar-refractivity contribution in [3.05, 3.63) is 12.2 Å². The molecule has 0 aromatic rings. The lowest BCUT2D eigenvalue weighted by molar-refractivity contribution is -0.143. The van der Waals surface area contributed by atoms with E-state index in [1.54, 1.807) is 0 Å². The third-order valence-electron chi connectivity index (χ3n) is 11.6. The fourth-order valence-corrected chi connectivity index (χ4v) is 7.85. The fraction of sp³-hybridized carbons (Fsp3) is 0.941. The zero-order chi connectivity index (χ0) is 38.4. The van der Waals surface area contributed by atoms with Crippen LogP contribution in [-0.4, -0.2) is 12.6 Å². The lowest BCUT2D eigenvalue weighted by Gasteiger charge is -2.06. The van der Waals surface area contributed by atoms with Gasteiger partial charge < -0.3 is 4.74 Å². The Kier molecular flexibility index (Phi) is 46.7. The summed E-state index contributed by atoms with van der Waals surface area (Å²) in [4.78, 5) is 12.0. The highest BCUT2D eigenvalue weighted by molar-refractivity contribution is 5.69. The molecule has 0 aliphatic carbocycles. The third kappa shape index (κ3) is 49.2. The molecule has 2 heteroatoms. The van der Waals surface area contributed by atoms with Gasteiger partial charge in [0.05, 0.1) is 6.61 Å². The molecular weight excluding hydrogens is 645 g/mol. The van der Waals surface area contributed by atoms with Crippen LogP contribution in [0.2, 0.25) is 0 Å². The largest absolute Gasteiger partial charge is 0.466 e. The molecule has 0 rings (SSSR count). The zero-order valence-electron chi connectivity index (χ0n) is 37.2. The number of esters is 1. The van der Waals surface area contributed by atoms with E-state index in [9.17, 15) is 4.79 Å². The molecular formula is C51H100O2. The summed E-state index contributed by atoms with van der Waals surface area (Å²) in [5.41, 5.74) is 0. The number of hydrogen-bond acceptors (Lipinski definition) is 2. The molecule has 0 spiro atoms. The monoisotopic (exact) mass is 745 g/mol. The van der Waals surface area contributed by atoms with Gasteiger partial charge >= 0.3 is 5.97 Å². The highest BCUT2D eigenvalue weighted by atomic mass is 16.5. The van der Waals surface area contributed by atoms with Gasteiger partial charge in [0, 0.05) is 6.42 Å². The van der Waals surface area contributed by atoms with E-state index in [2.05, 4.69) is 32.9 Å². The first-order valence-corrected chi connectivity index (χ1v) is 25.0. The van der Waals surface area contributed by atoms with Crippen molar-refractivity contribution in [3.8, 4) is 0 Å². The number of carbonyl (C=O) groups is 1. The van der Waals surface area contributed by atoms with Gasteiger partial charge in [-0.2, -0.15) is 0 Å². The van der Waals surface area contributed by atoms with Crippen molar-refractivity contribution in [2.75, 3.05) is 6.61 Å². The molecule has 0 fully saturated rings. The normalized spacial score (nSPS) is 11.8. The van der Waals surface area contributed by atoms with Crippen LogP contribution in [0.5, 0.6) is 0 Å². The molecule has 0 saturated heterocycles. The molecule has 0 unspecified atom stereocenters. The Hall–Kier alpha value is -0.790. The number of carbonyl (C=O) groups excluding carboxylic acids is 1. The average molecular weight is 745 g/mol. The summed E-state index contributed by atoms with van der Waals surface area (Å²) in [7, 11) is 0. The Morgan fingerprint density at radius 1 is 0.377 bits per heavy atom. The van der Waals surface area contributed by atoms with E-state index in [1.165, 1.54) is 257 Å². The molecule has 0 aromatic carbocycles. The van der Waals surface area contributed by atoms with E-state index in [4.69, 9.17) is 4.74 Å². The maximum absolute atomic E-state index is 12.0. The molecule has 0 N–H and O–H groups in total. The molecule has 0 amide bonds. The number of ether oxygens (including phenoxy) is 1. The molecule has 53 heavy (non-hydrogen) atoms. The zero-order valence-corrected chi connectivity index (χ0v) is 37.2. The number of rotatable bonds is 46. The molecule has 2 nitrogen and oxygen atoms in total. The summed E-state index contributed by atoms with van der Waals surface area (Å²) in [6.45, 7) is 7.60. The van der Waals surface area contributed by atoms with Gasteiger partial charge in [0.15, 0.2) is 0 Å². The summed E-state index contributed by atoms with van der Waals surface area (Å²) in [5, 5.41) is 0.